The van der Waals surface area contributed by atoms with Gasteiger partial charge in [0.15, 0.2) is 4.86 Å². The molecule has 80 valence electrons. The summed E-state index contributed by atoms with van der Waals surface area (Å²) in [6.07, 6.45) is 0. The highest BCUT2D eigenvalue weighted by molar-refractivity contribution is 7.75. The Kier molecular flexibility index (Phi) is 3.53. The fourth-order valence-corrected chi connectivity index (χ4v) is 1.48. The first-order chi connectivity index (χ1) is 7.06. The van der Waals surface area contributed by atoms with Crippen molar-refractivity contribution in [2.45, 2.75) is 0 Å². The van der Waals surface area contributed by atoms with Gasteiger partial charge in [0.1, 0.15) is 5.82 Å². The molecule has 0 saturated heterocycles. The molecule has 0 unspecified atom stereocenters. The van der Waals surface area contributed by atoms with Crippen molar-refractivity contribution < 1.29 is 22.8 Å². The van der Waals surface area contributed by atoms with E-state index in [9.17, 15) is 17.6 Å². The number of hydroxylamine groups is 1. The van der Waals surface area contributed by atoms with Crippen LogP contribution in [-0.2, 0) is 15.1 Å². The standard InChI is InChI=1S/C8H6FNO4S/c9-6-3-1-5(2-4-6)7(15(13)14)8(11)10-12/h1-4,12H,(H,10,11). The Bertz CT molecular complexity index is 498. The van der Waals surface area contributed by atoms with E-state index in [0.29, 0.717) is 0 Å². The largest absolute Gasteiger partial charge is 0.290 e. The molecule has 15 heavy (non-hydrogen) atoms. The number of hydrogen-bond donors (Lipinski definition) is 2. The Balaban J connectivity index is 3.31. The van der Waals surface area contributed by atoms with Gasteiger partial charge in [-0.3, -0.25) is 10.0 Å². The lowest BCUT2D eigenvalue weighted by Crippen LogP contribution is -2.29. The number of carbonyl (C=O) groups excluding carboxylic acids is 1. The van der Waals surface area contributed by atoms with Crippen LogP contribution in [0.2, 0.25) is 0 Å². The molecule has 1 rings (SSSR count). The Labute approximate surface area is 85.6 Å². The summed E-state index contributed by atoms with van der Waals surface area (Å²) < 4.78 is 33.9. The van der Waals surface area contributed by atoms with Crippen molar-refractivity contribution in [3.05, 3.63) is 35.6 Å². The second-order valence-corrected chi connectivity index (χ2v) is 3.39. The molecule has 0 radical (unpaired) electrons. The van der Waals surface area contributed by atoms with E-state index in [1.165, 1.54) is 5.48 Å². The van der Waals surface area contributed by atoms with Crippen LogP contribution in [0.15, 0.2) is 24.3 Å². The predicted octanol–water partition coefficient (Wildman–Crippen LogP) is -0.269. The van der Waals surface area contributed by atoms with E-state index >= 15 is 0 Å². The maximum Gasteiger partial charge on any atom is 0.290 e. The van der Waals surface area contributed by atoms with Gasteiger partial charge in [-0.15, -0.1) is 0 Å². The molecule has 0 aliphatic carbocycles. The first kappa shape index (κ1) is 11.3. The molecule has 1 aromatic rings. The van der Waals surface area contributed by atoms with Crippen molar-refractivity contribution >= 4 is 21.1 Å². The van der Waals surface area contributed by atoms with Gasteiger partial charge in [-0.05, 0) is 12.1 Å². The molecular formula is C8H6FNO4S. The highest BCUT2D eigenvalue weighted by atomic mass is 32.2. The number of halogens is 1. The molecule has 0 fully saturated rings. The van der Waals surface area contributed by atoms with Crippen molar-refractivity contribution in [2.24, 2.45) is 0 Å². The van der Waals surface area contributed by atoms with Crippen molar-refractivity contribution in [3.8, 4) is 0 Å². The molecule has 5 nitrogen and oxygen atoms in total. The lowest BCUT2D eigenvalue weighted by atomic mass is 10.1. The van der Waals surface area contributed by atoms with E-state index in [4.69, 9.17) is 5.21 Å². The quantitative estimate of drug-likeness (QED) is 0.317. The van der Waals surface area contributed by atoms with E-state index in [0.717, 1.165) is 24.3 Å². The fraction of sp³-hybridized carbons (Fsp3) is 0. The molecule has 0 bridgehead atoms. The maximum absolute atomic E-state index is 12.5. The summed E-state index contributed by atoms with van der Waals surface area (Å²) in [7, 11) is -2.82. The summed E-state index contributed by atoms with van der Waals surface area (Å²) >= 11 is 0. The molecule has 0 heterocycles. The highest BCUT2D eigenvalue weighted by Crippen LogP contribution is 2.03. The molecule has 7 heteroatoms. The van der Waals surface area contributed by atoms with Crippen LogP contribution in [0.3, 0.4) is 0 Å². The Morgan fingerprint density at radius 3 is 2.20 bits per heavy atom. The maximum atomic E-state index is 12.5. The number of hydrogen-bond acceptors (Lipinski definition) is 4. The smallest absolute Gasteiger partial charge is 0.288 e. The van der Waals surface area contributed by atoms with E-state index in [1.807, 2.05) is 0 Å². The van der Waals surface area contributed by atoms with Crippen LogP contribution in [0.4, 0.5) is 4.39 Å². The van der Waals surface area contributed by atoms with Crippen molar-refractivity contribution in [2.75, 3.05) is 0 Å². The number of rotatable bonds is 2. The topological polar surface area (TPSA) is 83.5 Å². The summed E-state index contributed by atoms with van der Waals surface area (Å²) in [5.41, 5.74) is 1.19. The molecule has 0 saturated carbocycles. The fourth-order valence-electron chi connectivity index (χ4n) is 0.955. The van der Waals surface area contributed by atoms with Gasteiger partial charge in [-0.1, -0.05) is 12.1 Å². The van der Waals surface area contributed by atoms with Crippen LogP contribution in [0, 0.1) is 5.82 Å². The van der Waals surface area contributed by atoms with Crippen LogP contribution < -0.4 is 5.48 Å². The second-order valence-electron chi connectivity index (χ2n) is 2.51. The molecule has 0 spiro atoms. The third kappa shape index (κ3) is 2.61. The summed E-state index contributed by atoms with van der Waals surface area (Å²) in [5.74, 6) is -1.73. The zero-order valence-electron chi connectivity index (χ0n) is 7.27. The number of amides is 1. The lowest BCUT2D eigenvalue weighted by Gasteiger charge is -1.99. The molecule has 0 aliphatic heterocycles. The molecule has 0 aromatic heterocycles. The zero-order chi connectivity index (χ0) is 11.4. The highest BCUT2D eigenvalue weighted by Gasteiger charge is 2.14. The van der Waals surface area contributed by atoms with Gasteiger partial charge in [-0.2, -0.15) is 8.42 Å². The van der Waals surface area contributed by atoms with Crippen LogP contribution >= 0.6 is 0 Å². The number of benzene rings is 1. The van der Waals surface area contributed by atoms with E-state index < -0.39 is 26.9 Å². The third-order valence-electron chi connectivity index (χ3n) is 1.58. The summed E-state index contributed by atoms with van der Waals surface area (Å²) in [4.78, 5) is 10.3. The second kappa shape index (κ2) is 4.67. The Hall–Kier alpha value is -1.73. The normalized spacial score (nSPS) is 9.47. The molecule has 1 aromatic carbocycles. The van der Waals surface area contributed by atoms with Crippen molar-refractivity contribution in [1.82, 2.24) is 5.48 Å². The average Bonchev–Trinajstić information content (AvgIpc) is 2.20. The van der Waals surface area contributed by atoms with E-state index in [2.05, 4.69) is 0 Å². The first-order valence-electron chi connectivity index (χ1n) is 3.73. The summed E-state index contributed by atoms with van der Waals surface area (Å²) in [6.45, 7) is 0. The van der Waals surface area contributed by atoms with Gasteiger partial charge in [0, 0.05) is 5.56 Å². The monoisotopic (exact) mass is 231 g/mol. The zero-order valence-corrected chi connectivity index (χ0v) is 8.08. The minimum absolute atomic E-state index is 0.00344. The SMILES string of the molecule is O=C(NO)C(c1ccc(F)cc1)=S(=O)=O. The first-order valence-corrected chi connectivity index (χ1v) is 4.80. The van der Waals surface area contributed by atoms with Crippen LogP contribution in [0.25, 0.3) is 0 Å². The third-order valence-corrected chi connectivity index (χ3v) is 2.34. The number of carbonyl (C=O) groups is 1. The van der Waals surface area contributed by atoms with E-state index in [1.54, 1.807) is 0 Å². The van der Waals surface area contributed by atoms with E-state index in [-0.39, 0.29) is 5.56 Å². The summed E-state index contributed by atoms with van der Waals surface area (Å²) in [6, 6.07) is 4.26. The van der Waals surface area contributed by atoms with Crippen LogP contribution in [-0.4, -0.2) is 24.4 Å². The van der Waals surface area contributed by atoms with Gasteiger partial charge in [0.25, 0.3) is 5.91 Å². The molecular weight excluding hydrogens is 225 g/mol. The van der Waals surface area contributed by atoms with Gasteiger partial charge >= 0.3 is 0 Å². The molecule has 0 atom stereocenters. The van der Waals surface area contributed by atoms with Crippen molar-refractivity contribution in [3.63, 3.8) is 0 Å². The average molecular weight is 231 g/mol. The van der Waals surface area contributed by atoms with Gasteiger partial charge in [0.05, 0.1) is 0 Å². The minimum atomic E-state index is -2.82. The predicted molar refractivity (Wildman–Crippen MR) is 49.4 cm³/mol. The van der Waals surface area contributed by atoms with Crippen molar-refractivity contribution in [1.29, 1.82) is 0 Å². The summed E-state index contributed by atoms with van der Waals surface area (Å²) in [5, 5.41) is 8.30. The van der Waals surface area contributed by atoms with Gasteiger partial charge in [-0.25, -0.2) is 9.87 Å². The Morgan fingerprint density at radius 1 is 1.27 bits per heavy atom. The molecule has 0 aliphatic rings. The van der Waals surface area contributed by atoms with Gasteiger partial charge < -0.3 is 0 Å². The lowest BCUT2D eigenvalue weighted by molar-refractivity contribution is -0.122. The van der Waals surface area contributed by atoms with Crippen LogP contribution in [0.1, 0.15) is 5.56 Å². The molecule has 1 amide bonds. The van der Waals surface area contributed by atoms with Gasteiger partial charge in [0.2, 0.25) is 10.3 Å². The number of nitrogens with one attached hydrogen (secondary N) is 1. The Morgan fingerprint density at radius 2 is 1.80 bits per heavy atom. The minimum Gasteiger partial charge on any atom is -0.288 e. The molecule has 2 N–H and O–H groups in total. The van der Waals surface area contributed by atoms with Crippen LogP contribution in [0.5, 0.6) is 0 Å².